The predicted octanol–water partition coefficient (Wildman–Crippen LogP) is 2.97. The van der Waals surface area contributed by atoms with Gasteiger partial charge in [0.2, 0.25) is 0 Å². The average molecular weight is 283 g/mol. The molecule has 0 fully saturated rings. The Hall–Kier alpha value is -2.10. The van der Waals surface area contributed by atoms with Crippen molar-refractivity contribution in [3.05, 3.63) is 47.3 Å². The van der Waals surface area contributed by atoms with Crippen LogP contribution in [0.2, 0.25) is 0 Å². The van der Waals surface area contributed by atoms with Crippen LogP contribution in [-0.2, 0) is 20.0 Å². The first-order valence-corrected chi connectivity index (χ1v) is 7.58. The number of Topliss-reactive ketones (excluding diaryl/α,β-unsaturated/α-hetero) is 1. The number of aryl methyl sites for hydroxylation is 2. The molecule has 1 aromatic carbocycles. The van der Waals surface area contributed by atoms with Crippen LogP contribution in [0.3, 0.4) is 0 Å². The van der Waals surface area contributed by atoms with E-state index in [0.29, 0.717) is 6.42 Å². The highest BCUT2D eigenvalue weighted by molar-refractivity contribution is 6.01. The molecule has 0 saturated heterocycles. The third-order valence-corrected chi connectivity index (χ3v) is 4.12. The number of hydrogen-bond donors (Lipinski definition) is 0. The van der Waals surface area contributed by atoms with Crippen molar-refractivity contribution in [1.82, 2.24) is 9.78 Å². The van der Waals surface area contributed by atoms with Crippen LogP contribution in [0, 0.1) is 0 Å². The van der Waals surface area contributed by atoms with Crippen molar-refractivity contribution in [2.75, 3.05) is 11.4 Å². The Morgan fingerprint density at radius 1 is 1.29 bits per heavy atom. The van der Waals surface area contributed by atoms with E-state index in [9.17, 15) is 4.79 Å². The standard InChI is InChI=1S/C17H21N3O/c1-3-13-11-14(19(2)18-13)12-20-10-6-9-17(21)15-7-4-5-8-16(15)20/h4-5,7-8,11H,3,6,9-10,12H2,1-2H3. The van der Waals surface area contributed by atoms with Gasteiger partial charge in [-0.15, -0.1) is 0 Å². The van der Waals surface area contributed by atoms with E-state index in [1.165, 1.54) is 5.69 Å². The van der Waals surface area contributed by atoms with Crippen molar-refractivity contribution >= 4 is 11.5 Å². The van der Waals surface area contributed by atoms with Crippen molar-refractivity contribution < 1.29 is 4.79 Å². The third-order valence-electron chi connectivity index (χ3n) is 4.12. The van der Waals surface area contributed by atoms with E-state index >= 15 is 0 Å². The Kier molecular flexibility index (Phi) is 3.78. The van der Waals surface area contributed by atoms with E-state index in [2.05, 4.69) is 29.1 Å². The summed E-state index contributed by atoms with van der Waals surface area (Å²) in [6.07, 6.45) is 2.49. The molecule has 0 radical (unpaired) electrons. The van der Waals surface area contributed by atoms with Crippen LogP contribution in [0.4, 0.5) is 5.69 Å². The molecule has 1 aliphatic rings. The summed E-state index contributed by atoms with van der Waals surface area (Å²) in [5.41, 5.74) is 4.22. The first kappa shape index (κ1) is 13.9. The van der Waals surface area contributed by atoms with Crippen LogP contribution in [0.5, 0.6) is 0 Å². The molecule has 4 nitrogen and oxygen atoms in total. The van der Waals surface area contributed by atoms with Crippen molar-refractivity contribution in [2.24, 2.45) is 7.05 Å². The van der Waals surface area contributed by atoms with Gasteiger partial charge in [0, 0.05) is 31.3 Å². The van der Waals surface area contributed by atoms with Crippen LogP contribution in [0.15, 0.2) is 30.3 Å². The highest BCUT2D eigenvalue weighted by Gasteiger charge is 2.21. The second kappa shape index (κ2) is 5.72. The van der Waals surface area contributed by atoms with Crippen molar-refractivity contribution in [3.8, 4) is 0 Å². The van der Waals surface area contributed by atoms with E-state index in [-0.39, 0.29) is 5.78 Å². The Bertz CT molecular complexity index is 660. The van der Waals surface area contributed by atoms with Gasteiger partial charge in [0.25, 0.3) is 0 Å². The Morgan fingerprint density at radius 2 is 2.10 bits per heavy atom. The lowest BCUT2D eigenvalue weighted by Gasteiger charge is -2.24. The fourth-order valence-electron chi connectivity index (χ4n) is 2.92. The highest BCUT2D eigenvalue weighted by Crippen LogP contribution is 2.27. The summed E-state index contributed by atoms with van der Waals surface area (Å²) in [5, 5.41) is 4.51. The van der Waals surface area contributed by atoms with Gasteiger partial charge in [0.05, 0.1) is 17.9 Å². The van der Waals surface area contributed by atoms with Gasteiger partial charge in [0.1, 0.15) is 0 Å². The molecule has 0 aliphatic carbocycles. The second-order valence-electron chi connectivity index (χ2n) is 5.57. The maximum Gasteiger partial charge on any atom is 0.165 e. The van der Waals surface area contributed by atoms with Gasteiger partial charge in [-0.1, -0.05) is 19.1 Å². The van der Waals surface area contributed by atoms with Crippen molar-refractivity contribution in [1.29, 1.82) is 0 Å². The van der Waals surface area contributed by atoms with E-state index in [0.717, 1.165) is 42.9 Å². The highest BCUT2D eigenvalue weighted by atomic mass is 16.1. The van der Waals surface area contributed by atoms with Crippen molar-refractivity contribution in [2.45, 2.75) is 32.7 Å². The average Bonchev–Trinajstić information content (AvgIpc) is 2.78. The largest absolute Gasteiger partial charge is 0.365 e. The monoisotopic (exact) mass is 283 g/mol. The molecule has 0 bridgehead atoms. The number of fused-ring (bicyclic) bond motifs is 1. The molecule has 2 heterocycles. The lowest BCUT2D eigenvalue weighted by atomic mass is 10.1. The molecule has 4 heteroatoms. The number of para-hydroxylation sites is 1. The van der Waals surface area contributed by atoms with Gasteiger partial charge in [0.15, 0.2) is 5.78 Å². The number of carbonyl (C=O) groups is 1. The molecule has 3 rings (SSSR count). The van der Waals surface area contributed by atoms with Gasteiger partial charge < -0.3 is 4.90 Å². The molecule has 2 aromatic rings. The molecule has 0 N–H and O–H groups in total. The minimum atomic E-state index is 0.257. The van der Waals surface area contributed by atoms with Gasteiger partial charge in [-0.3, -0.25) is 9.48 Å². The maximum absolute atomic E-state index is 12.2. The van der Waals surface area contributed by atoms with Gasteiger partial charge in [-0.2, -0.15) is 5.10 Å². The topological polar surface area (TPSA) is 38.1 Å². The molecular formula is C17H21N3O. The lowest BCUT2D eigenvalue weighted by molar-refractivity contribution is 0.0984. The summed E-state index contributed by atoms with van der Waals surface area (Å²) in [7, 11) is 1.99. The smallest absolute Gasteiger partial charge is 0.165 e. The molecular weight excluding hydrogens is 262 g/mol. The minimum Gasteiger partial charge on any atom is -0.365 e. The zero-order chi connectivity index (χ0) is 14.8. The third kappa shape index (κ3) is 2.71. The minimum absolute atomic E-state index is 0.257. The molecule has 0 saturated carbocycles. The number of rotatable bonds is 3. The van der Waals surface area contributed by atoms with Crippen LogP contribution in [-0.4, -0.2) is 22.1 Å². The number of aromatic nitrogens is 2. The fraction of sp³-hybridized carbons (Fsp3) is 0.412. The van der Waals surface area contributed by atoms with E-state index in [1.54, 1.807) is 0 Å². The Morgan fingerprint density at radius 3 is 2.86 bits per heavy atom. The SMILES string of the molecule is CCc1cc(CN2CCCC(=O)c3ccccc32)n(C)n1. The second-order valence-corrected chi connectivity index (χ2v) is 5.57. The zero-order valence-corrected chi connectivity index (χ0v) is 12.7. The normalized spacial score (nSPS) is 15.0. The zero-order valence-electron chi connectivity index (χ0n) is 12.7. The summed E-state index contributed by atoms with van der Waals surface area (Å²) >= 11 is 0. The Balaban J connectivity index is 1.92. The number of nitrogens with zero attached hydrogens (tertiary/aromatic N) is 3. The van der Waals surface area contributed by atoms with E-state index < -0.39 is 0 Å². The summed E-state index contributed by atoms with van der Waals surface area (Å²) < 4.78 is 1.95. The van der Waals surface area contributed by atoms with Crippen LogP contribution in [0.25, 0.3) is 0 Å². The summed E-state index contributed by atoms with van der Waals surface area (Å²) in [6, 6.07) is 10.1. The lowest BCUT2D eigenvalue weighted by Crippen LogP contribution is -2.24. The fourth-order valence-corrected chi connectivity index (χ4v) is 2.92. The van der Waals surface area contributed by atoms with Crippen LogP contribution >= 0.6 is 0 Å². The van der Waals surface area contributed by atoms with Crippen molar-refractivity contribution in [3.63, 3.8) is 0 Å². The summed E-state index contributed by atoms with van der Waals surface area (Å²) in [5.74, 6) is 0.257. The summed E-state index contributed by atoms with van der Waals surface area (Å²) in [4.78, 5) is 14.5. The van der Waals surface area contributed by atoms with Gasteiger partial charge in [-0.25, -0.2) is 0 Å². The molecule has 1 aromatic heterocycles. The maximum atomic E-state index is 12.2. The number of ketones is 1. The first-order chi connectivity index (χ1) is 10.2. The summed E-state index contributed by atoms with van der Waals surface area (Å²) in [6.45, 7) is 3.83. The molecule has 0 atom stereocenters. The quantitative estimate of drug-likeness (QED) is 0.869. The van der Waals surface area contributed by atoms with Crippen LogP contribution < -0.4 is 4.90 Å². The number of benzene rings is 1. The number of hydrogen-bond acceptors (Lipinski definition) is 3. The van der Waals surface area contributed by atoms with E-state index in [4.69, 9.17) is 0 Å². The molecule has 0 spiro atoms. The predicted molar refractivity (Wildman–Crippen MR) is 83.6 cm³/mol. The van der Waals surface area contributed by atoms with Gasteiger partial charge in [-0.05, 0) is 31.0 Å². The molecule has 21 heavy (non-hydrogen) atoms. The number of anilines is 1. The first-order valence-electron chi connectivity index (χ1n) is 7.58. The van der Waals surface area contributed by atoms with Gasteiger partial charge >= 0.3 is 0 Å². The van der Waals surface area contributed by atoms with Crippen LogP contribution in [0.1, 0.15) is 41.5 Å². The number of carbonyl (C=O) groups excluding carboxylic acids is 1. The molecule has 110 valence electrons. The van der Waals surface area contributed by atoms with E-state index in [1.807, 2.05) is 29.9 Å². The molecule has 0 amide bonds. The Labute approximate surface area is 125 Å². The molecule has 1 aliphatic heterocycles. The molecule has 0 unspecified atom stereocenters.